The van der Waals surface area contributed by atoms with Gasteiger partial charge in [0.25, 0.3) is 0 Å². The van der Waals surface area contributed by atoms with Gasteiger partial charge in [-0.15, -0.1) is 0 Å². The third-order valence-electron chi connectivity index (χ3n) is 5.52. The van der Waals surface area contributed by atoms with E-state index in [1.807, 2.05) is 19.1 Å². The zero-order valence-electron chi connectivity index (χ0n) is 15.4. The van der Waals surface area contributed by atoms with Crippen molar-refractivity contribution in [2.75, 3.05) is 26.3 Å². The number of ether oxygens (including phenoxy) is 1. The van der Waals surface area contributed by atoms with Crippen LogP contribution in [0.15, 0.2) is 22.7 Å². The van der Waals surface area contributed by atoms with Crippen molar-refractivity contribution < 1.29 is 13.9 Å². The number of hydrogen-bond donors (Lipinski definition) is 0. The molecule has 3 rings (SSSR count). The van der Waals surface area contributed by atoms with Gasteiger partial charge < -0.3 is 9.64 Å². The van der Waals surface area contributed by atoms with Crippen molar-refractivity contribution in [1.29, 1.82) is 0 Å². The Morgan fingerprint density at radius 3 is 2.50 bits per heavy atom. The number of rotatable bonds is 5. The predicted molar refractivity (Wildman–Crippen MR) is 103 cm³/mol. The van der Waals surface area contributed by atoms with Gasteiger partial charge in [0, 0.05) is 51.4 Å². The summed E-state index contributed by atoms with van der Waals surface area (Å²) in [6.45, 7) is 6.24. The molecule has 2 aliphatic heterocycles. The molecule has 6 heteroatoms. The molecule has 1 aromatic carbocycles. The lowest BCUT2D eigenvalue weighted by molar-refractivity contribution is -0.139. The predicted octanol–water partition coefficient (Wildman–Crippen LogP) is 3.97. The number of likely N-dealkylation sites (tertiary alicyclic amines) is 1. The topological polar surface area (TPSA) is 32.8 Å². The Morgan fingerprint density at radius 1 is 1.23 bits per heavy atom. The average molecular weight is 427 g/mol. The summed E-state index contributed by atoms with van der Waals surface area (Å²) in [5, 5.41) is 0. The van der Waals surface area contributed by atoms with Gasteiger partial charge in [-0.05, 0) is 59.3 Å². The van der Waals surface area contributed by atoms with Crippen LogP contribution in [-0.2, 0) is 16.1 Å². The molecule has 1 aromatic rings. The first-order valence-corrected chi connectivity index (χ1v) is 10.4. The lowest BCUT2D eigenvalue weighted by atomic mass is 9.97. The summed E-state index contributed by atoms with van der Waals surface area (Å²) in [5.74, 6) is 0.0513. The number of benzene rings is 1. The van der Waals surface area contributed by atoms with Crippen LogP contribution in [0.2, 0.25) is 0 Å². The smallest absolute Gasteiger partial charge is 0.222 e. The van der Waals surface area contributed by atoms with E-state index in [9.17, 15) is 9.18 Å². The molecule has 0 aliphatic carbocycles. The summed E-state index contributed by atoms with van der Waals surface area (Å²) in [6, 6.07) is 5.89. The lowest BCUT2D eigenvalue weighted by Crippen LogP contribution is -2.52. The number of amides is 1. The van der Waals surface area contributed by atoms with Gasteiger partial charge in [-0.3, -0.25) is 9.69 Å². The second kappa shape index (κ2) is 9.29. The van der Waals surface area contributed by atoms with E-state index >= 15 is 0 Å². The maximum Gasteiger partial charge on any atom is 0.222 e. The Hall–Kier alpha value is -0.980. The molecule has 0 bridgehead atoms. The van der Waals surface area contributed by atoms with Crippen molar-refractivity contribution >= 4 is 21.8 Å². The fraction of sp³-hybridized carbons (Fsp3) is 0.650. The molecule has 2 aliphatic rings. The van der Waals surface area contributed by atoms with Crippen LogP contribution < -0.4 is 0 Å². The standard InChI is InChI=1S/C20H28BrFN2O2/c1-2-20(25)24(17-7-11-26-12-8-17)16-5-9-23(10-6-16)14-15-3-4-19(22)18(21)13-15/h3-4,13,16-17H,2,5-12,14H2,1H3. The van der Waals surface area contributed by atoms with Crippen LogP contribution in [0.3, 0.4) is 0 Å². The summed E-state index contributed by atoms with van der Waals surface area (Å²) in [6.07, 6.45) is 4.49. The molecule has 144 valence electrons. The first-order valence-electron chi connectivity index (χ1n) is 9.63. The van der Waals surface area contributed by atoms with Gasteiger partial charge in [-0.2, -0.15) is 0 Å². The summed E-state index contributed by atoms with van der Waals surface area (Å²) >= 11 is 3.26. The average Bonchev–Trinajstić information content (AvgIpc) is 2.67. The van der Waals surface area contributed by atoms with Crippen LogP contribution >= 0.6 is 15.9 Å². The molecule has 2 saturated heterocycles. The number of piperidine rings is 1. The van der Waals surface area contributed by atoms with Crippen molar-refractivity contribution in [2.24, 2.45) is 0 Å². The first kappa shape index (κ1) is 19.8. The second-order valence-electron chi connectivity index (χ2n) is 7.25. The van der Waals surface area contributed by atoms with E-state index in [1.165, 1.54) is 6.07 Å². The largest absolute Gasteiger partial charge is 0.381 e. The fourth-order valence-electron chi connectivity index (χ4n) is 4.10. The number of hydrogen-bond acceptors (Lipinski definition) is 3. The van der Waals surface area contributed by atoms with E-state index in [4.69, 9.17) is 4.74 Å². The molecule has 1 amide bonds. The first-order chi connectivity index (χ1) is 12.6. The van der Waals surface area contributed by atoms with Gasteiger partial charge in [0.1, 0.15) is 5.82 Å². The number of carbonyl (C=O) groups excluding carboxylic acids is 1. The van der Waals surface area contributed by atoms with E-state index in [0.29, 0.717) is 23.0 Å². The quantitative estimate of drug-likeness (QED) is 0.713. The van der Waals surface area contributed by atoms with Crippen LogP contribution in [0.1, 0.15) is 44.6 Å². The third kappa shape index (κ3) is 4.84. The normalized spacial score (nSPS) is 20.3. The molecule has 0 saturated carbocycles. The molecule has 0 atom stereocenters. The summed E-state index contributed by atoms with van der Waals surface area (Å²) in [7, 11) is 0. The molecular weight excluding hydrogens is 399 g/mol. The van der Waals surface area contributed by atoms with Gasteiger partial charge in [0.15, 0.2) is 0 Å². The van der Waals surface area contributed by atoms with Crippen molar-refractivity contribution in [3.05, 3.63) is 34.1 Å². The number of carbonyl (C=O) groups is 1. The molecule has 0 aromatic heterocycles. The molecule has 4 nitrogen and oxygen atoms in total. The maximum atomic E-state index is 13.4. The summed E-state index contributed by atoms with van der Waals surface area (Å²) < 4.78 is 19.4. The summed E-state index contributed by atoms with van der Waals surface area (Å²) in [5.41, 5.74) is 1.11. The van der Waals surface area contributed by atoms with E-state index in [1.54, 1.807) is 0 Å². The highest BCUT2D eigenvalue weighted by atomic mass is 79.9. The number of halogens is 2. The molecule has 0 spiro atoms. The maximum absolute atomic E-state index is 13.4. The molecule has 0 radical (unpaired) electrons. The molecule has 2 fully saturated rings. The number of nitrogens with zero attached hydrogens (tertiary/aromatic N) is 2. The van der Waals surface area contributed by atoms with Crippen molar-refractivity contribution in [3.8, 4) is 0 Å². The monoisotopic (exact) mass is 426 g/mol. The molecule has 0 unspecified atom stereocenters. The minimum Gasteiger partial charge on any atom is -0.381 e. The Bertz CT molecular complexity index is 614. The second-order valence-corrected chi connectivity index (χ2v) is 8.11. The molecule has 2 heterocycles. The van der Waals surface area contributed by atoms with Crippen LogP contribution in [0.25, 0.3) is 0 Å². The minimum absolute atomic E-state index is 0.224. The van der Waals surface area contributed by atoms with E-state index in [-0.39, 0.29) is 11.7 Å². The van der Waals surface area contributed by atoms with Crippen LogP contribution in [0.4, 0.5) is 4.39 Å². The zero-order valence-corrected chi connectivity index (χ0v) is 17.0. The molecular formula is C20H28BrFN2O2. The van der Waals surface area contributed by atoms with Crippen molar-refractivity contribution in [2.45, 2.75) is 57.7 Å². The Kier molecular flexibility index (Phi) is 7.06. The fourth-order valence-corrected chi connectivity index (χ4v) is 4.53. The Balaban J connectivity index is 1.58. The van der Waals surface area contributed by atoms with Gasteiger partial charge in [-0.25, -0.2) is 4.39 Å². The Labute approximate surface area is 163 Å². The van der Waals surface area contributed by atoms with Gasteiger partial charge in [0.05, 0.1) is 4.47 Å². The van der Waals surface area contributed by atoms with Crippen LogP contribution in [-0.4, -0.2) is 54.1 Å². The summed E-state index contributed by atoms with van der Waals surface area (Å²) in [4.78, 5) is 17.2. The SMILES string of the molecule is CCC(=O)N(C1CCOCC1)C1CCN(Cc2ccc(F)c(Br)c2)CC1. The molecule has 26 heavy (non-hydrogen) atoms. The van der Waals surface area contributed by atoms with Crippen molar-refractivity contribution in [3.63, 3.8) is 0 Å². The highest BCUT2D eigenvalue weighted by molar-refractivity contribution is 9.10. The van der Waals surface area contributed by atoms with E-state index < -0.39 is 0 Å². The Morgan fingerprint density at radius 2 is 1.88 bits per heavy atom. The van der Waals surface area contributed by atoms with Gasteiger partial charge >= 0.3 is 0 Å². The highest BCUT2D eigenvalue weighted by Gasteiger charge is 2.33. The van der Waals surface area contributed by atoms with Crippen LogP contribution in [0, 0.1) is 5.82 Å². The van der Waals surface area contributed by atoms with Gasteiger partial charge in [0.2, 0.25) is 5.91 Å². The van der Waals surface area contributed by atoms with Crippen molar-refractivity contribution in [1.82, 2.24) is 9.80 Å². The van der Waals surface area contributed by atoms with E-state index in [2.05, 4.69) is 25.7 Å². The van der Waals surface area contributed by atoms with Gasteiger partial charge in [-0.1, -0.05) is 13.0 Å². The highest BCUT2D eigenvalue weighted by Crippen LogP contribution is 2.26. The van der Waals surface area contributed by atoms with E-state index in [0.717, 1.165) is 64.1 Å². The lowest BCUT2D eigenvalue weighted by Gasteiger charge is -2.43. The van der Waals surface area contributed by atoms with Crippen LogP contribution in [0.5, 0.6) is 0 Å². The third-order valence-corrected chi connectivity index (χ3v) is 6.12. The molecule has 0 N–H and O–H groups in total. The zero-order chi connectivity index (χ0) is 18.5. The minimum atomic E-state index is -0.224.